The number of urea groups is 1. The summed E-state index contributed by atoms with van der Waals surface area (Å²) in [5.74, 6) is 2.28. The Bertz CT molecular complexity index is 2090. The zero-order chi connectivity index (χ0) is 37.4. The lowest BCUT2D eigenvalue weighted by Gasteiger charge is -2.33. The number of rotatable bonds is 8. The summed E-state index contributed by atoms with van der Waals surface area (Å²) in [5.41, 5.74) is 5.83. The highest BCUT2D eigenvalue weighted by atomic mass is 16.5. The summed E-state index contributed by atoms with van der Waals surface area (Å²) in [4.78, 5) is 21.0. The van der Waals surface area contributed by atoms with E-state index in [1.54, 1.807) is 0 Å². The predicted molar refractivity (Wildman–Crippen MR) is 213 cm³/mol. The van der Waals surface area contributed by atoms with Gasteiger partial charge in [-0.2, -0.15) is 5.10 Å². The average Bonchev–Trinajstić information content (AvgIpc) is 3.78. The number of anilines is 2. The van der Waals surface area contributed by atoms with Crippen LogP contribution in [0.3, 0.4) is 0 Å². The number of piperazine rings is 1. The first-order valence-corrected chi connectivity index (χ1v) is 19.6. The van der Waals surface area contributed by atoms with Gasteiger partial charge in [0.1, 0.15) is 17.7 Å². The Labute approximate surface area is 318 Å². The molecule has 1 aliphatic carbocycles. The zero-order valence-corrected chi connectivity index (χ0v) is 32.3. The average molecular weight is 731 g/mol. The van der Waals surface area contributed by atoms with Crippen LogP contribution in [0.15, 0.2) is 72.9 Å². The molecule has 2 aliphatic heterocycles. The first-order valence-electron chi connectivity index (χ1n) is 19.6. The number of carbonyl (C=O) groups excluding carboxylic acids is 1. The summed E-state index contributed by atoms with van der Waals surface area (Å²) in [7, 11) is 2.18. The van der Waals surface area contributed by atoms with Gasteiger partial charge in [0.15, 0.2) is 5.65 Å². The Kier molecular flexibility index (Phi) is 10.1. The van der Waals surface area contributed by atoms with E-state index in [0.29, 0.717) is 11.9 Å². The Balaban J connectivity index is 0.981. The highest BCUT2D eigenvalue weighted by Crippen LogP contribution is 2.39. The quantitative estimate of drug-likeness (QED) is 0.174. The molecule has 0 unspecified atom stereocenters. The molecule has 2 aromatic carbocycles. The lowest BCUT2D eigenvalue weighted by atomic mass is 9.85. The molecule has 12 nitrogen and oxygen atoms in total. The van der Waals surface area contributed by atoms with Crippen molar-refractivity contribution in [3.8, 4) is 11.4 Å². The van der Waals surface area contributed by atoms with E-state index in [2.05, 4.69) is 111 Å². The number of fused-ring (bicyclic) bond motifs is 2. The maximum Gasteiger partial charge on any atom is 0.320 e. The number of nitrogens with zero attached hydrogens (tertiary/aromatic N) is 8. The third kappa shape index (κ3) is 7.67. The molecule has 12 heteroatoms. The SMILES string of the molecule is C[C@H]1CCCCN1c1nnc2ccc(O[C@@H]3CC[C@H](NC(=O)Nc4cc(C(C)(C)C)nn4-c4cccc(CN5CCN(C)CC5)c4)c4ccccc43)cn12. The third-order valence-corrected chi connectivity index (χ3v) is 11.3. The Morgan fingerprint density at radius 1 is 0.889 bits per heavy atom. The fraction of sp³-hybridized carbons (Fsp3) is 0.476. The van der Waals surface area contributed by atoms with Crippen LogP contribution in [0.1, 0.15) is 94.3 Å². The number of pyridine rings is 1. The molecule has 5 aromatic rings. The molecule has 284 valence electrons. The maximum atomic E-state index is 13.8. The molecule has 0 bridgehead atoms. The molecule has 5 heterocycles. The minimum atomic E-state index is -0.262. The highest BCUT2D eigenvalue weighted by molar-refractivity contribution is 5.89. The van der Waals surface area contributed by atoms with Crippen LogP contribution < -0.4 is 20.3 Å². The summed E-state index contributed by atoms with van der Waals surface area (Å²) in [6.45, 7) is 14.8. The Morgan fingerprint density at radius 3 is 2.50 bits per heavy atom. The van der Waals surface area contributed by atoms with Crippen molar-refractivity contribution < 1.29 is 9.53 Å². The largest absolute Gasteiger partial charge is 0.484 e. The lowest BCUT2D eigenvalue weighted by molar-refractivity contribution is 0.148. The van der Waals surface area contributed by atoms with Crippen LogP contribution in [0.25, 0.3) is 11.3 Å². The molecule has 54 heavy (non-hydrogen) atoms. The van der Waals surface area contributed by atoms with Crippen molar-refractivity contribution in [2.75, 3.05) is 50.0 Å². The van der Waals surface area contributed by atoms with Crippen LogP contribution >= 0.6 is 0 Å². The predicted octanol–water partition coefficient (Wildman–Crippen LogP) is 7.12. The normalized spacial score (nSPS) is 21.2. The first kappa shape index (κ1) is 36.1. The second-order valence-electron chi connectivity index (χ2n) is 16.4. The number of nitrogens with one attached hydrogen (secondary N) is 2. The van der Waals surface area contributed by atoms with Gasteiger partial charge in [-0.15, -0.1) is 10.2 Å². The second-order valence-corrected chi connectivity index (χ2v) is 16.4. The molecule has 0 spiro atoms. The Morgan fingerprint density at radius 2 is 1.70 bits per heavy atom. The number of aromatic nitrogens is 5. The molecule has 2 saturated heterocycles. The molecule has 3 atom stereocenters. The lowest BCUT2D eigenvalue weighted by Crippen LogP contribution is -2.43. The molecule has 2 fully saturated rings. The molecule has 3 aliphatic rings. The summed E-state index contributed by atoms with van der Waals surface area (Å²) in [6, 6.07) is 22.7. The van der Waals surface area contributed by atoms with Crippen LogP contribution in [-0.2, 0) is 12.0 Å². The third-order valence-electron chi connectivity index (χ3n) is 11.3. The highest BCUT2D eigenvalue weighted by Gasteiger charge is 2.31. The van der Waals surface area contributed by atoms with Gasteiger partial charge in [-0.25, -0.2) is 9.48 Å². The van der Waals surface area contributed by atoms with Crippen molar-refractivity contribution in [2.24, 2.45) is 0 Å². The molecule has 0 radical (unpaired) electrons. The van der Waals surface area contributed by atoms with E-state index in [9.17, 15) is 4.79 Å². The van der Waals surface area contributed by atoms with E-state index in [1.807, 2.05) is 41.2 Å². The van der Waals surface area contributed by atoms with Gasteiger partial charge in [0, 0.05) is 56.8 Å². The summed E-state index contributed by atoms with van der Waals surface area (Å²) in [6.07, 6.45) is 6.92. The standard InChI is InChI=1S/C42H54N10O2/c1-29-11-8-9-20-50(29)41-46-45-38-19-16-32(28-51(38)41)54-36-18-17-35(33-14-6-7-15-34(33)36)43-40(53)44-39-26-37(42(2,3)4)47-52(39)31-13-10-12-30(25-31)27-49-23-21-48(5)22-24-49/h6-7,10,12-16,19,25-26,28-29,35-36H,8-9,11,17-18,20-24,27H2,1-5H3,(H2,43,44,53)/t29-,35-,36+/m0/s1. The number of hydrogen-bond acceptors (Lipinski definition) is 8. The zero-order valence-electron chi connectivity index (χ0n) is 32.3. The first-order chi connectivity index (χ1) is 26.1. The van der Waals surface area contributed by atoms with Crippen LogP contribution in [-0.4, -0.2) is 86.0 Å². The van der Waals surface area contributed by atoms with E-state index in [4.69, 9.17) is 9.84 Å². The van der Waals surface area contributed by atoms with E-state index in [-0.39, 0.29) is 23.6 Å². The molecule has 0 saturated carbocycles. The number of benzene rings is 2. The van der Waals surface area contributed by atoms with Gasteiger partial charge in [0.25, 0.3) is 0 Å². The van der Waals surface area contributed by atoms with Gasteiger partial charge in [-0.05, 0) is 87.0 Å². The van der Waals surface area contributed by atoms with Gasteiger partial charge in [0.05, 0.1) is 23.6 Å². The van der Waals surface area contributed by atoms with E-state index in [0.717, 1.165) is 105 Å². The monoisotopic (exact) mass is 730 g/mol. The van der Waals surface area contributed by atoms with Crippen LogP contribution in [0.4, 0.5) is 16.6 Å². The topological polar surface area (TPSA) is 108 Å². The molecule has 3 aromatic heterocycles. The number of piperidine rings is 1. The van der Waals surface area contributed by atoms with Crippen molar-refractivity contribution in [1.82, 2.24) is 39.5 Å². The van der Waals surface area contributed by atoms with Crippen LogP contribution in [0, 0.1) is 0 Å². The number of hydrogen-bond donors (Lipinski definition) is 2. The molecule has 8 rings (SSSR count). The van der Waals surface area contributed by atoms with E-state index in [1.165, 1.54) is 12.0 Å². The van der Waals surface area contributed by atoms with Gasteiger partial charge < -0.3 is 19.9 Å². The van der Waals surface area contributed by atoms with Crippen molar-refractivity contribution in [1.29, 1.82) is 0 Å². The molecular formula is C42H54N10O2. The molecule has 2 amide bonds. The minimum absolute atomic E-state index is 0.150. The smallest absolute Gasteiger partial charge is 0.320 e. The summed E-state index contributed by atoms with van der Waals surface area (Å²) < 4.78 is 10.6. The van der Waals surface area contributed by atoms with Gasteiger partial charge in [-0.1, -0.05) is 57.2 Å². The summed E-state index contributed by atoms with van der Waals surface area (Å²) >= 11 is 0. The fourth-order valence-electron chi connectivity index (χ4n) is 8.10. The van der Waals surface area contributed by atoms with Crippen molar-refractivity contribution in [2.45, 2.75) is 89.9 Å². The number of likely N-dealkylation sites (N-methyl/N-ethyl adjacent to an activating group) is 1. The minimum Gasteiger partial charge on any atom is -0.484 e. The summed E-state index contributed by atoms with van der Waals surface area (Å²) in [5, 5.41) is 20.5. The van der Waals surface area contributed by atoms with Gasteiger partial charge in [-0.3, -0.25) is 14.6 Å². The fourth-order valence-corrected chi connectivity index (χ4v) is 8.10. The van der Waals surface area contributed by atoms with Crippen molar-refractivity contribution >= 4 is 23.4 Å². The molecule has 2 N–H and O–H groups in total. The second kappa shape index (κ2) is 15.1. The van der Waals surface area contributed by atoms with E-state index >= 15 is 0 Å². The molecular weight excluding hydrogens is 677 g/mol. The number of amides is 2. The maximum absolute atomic E-state index is 13.8. The van der Waals surface area contributed by atoms with Crippen LogP contribution in [0.5, 0.6) is 5.75 Å². The Hall–Kier alpha value is -4.94. The van der Waals surface area contributed by atoms with Crippen molar-refractivity contribution in [3.05, 3.63) is 95.3 Å². The van der Waals surface area contributed by atoms with Gasteiger partial charge >= 0.3 is 6.03 Å². The number of ether oxygens (including phenoxy) is 1. The van der Waals surface area contributed by atoms with Crippen LogP contribution in [0.2, 0.25) is 0 Å². The number of carbonyl (C=O) groups is 1. The van der Waals surface area contributed by atoms with Gasteiger partial charge in [0.2, 0.25) is 5.95 Å². The van der Waals surface area contributed by atoms with E-state index < -0.39 is 0 Å². The van der Waals surface area contributed by atoms with Crippen molar-refractivity contribution in [3.63, 3.8) is 0 Å².